The predicted molar refractivity (Wildman–Crippen MR) is 90.0 cm³/mol. The Morgan fingerprint density at radius 3 is 2.70 bits per heavy atom. The molecule has 0 bridgehead atoms. The summed E-state index contributed by atoms with van der Waals surface area (Å²) < 4.78 is 1.20. The van der Waals surface area contributed by atoms with Gasteiger partial charge in [-0.3, -0.25) is 0 Å². The van der Waals surface area contributed by atoms with E-state index in [0.29, 0.717) is 5.69 Å². The molecule has 3 rings (SSSR count). The first-order valence-corrected chi connectivity index (χ1v) is 7.81. The van der Waals surface area contributed by atoms with Gasteiger partial charge in [0.05, 0.1) is 17.1 Å². The van der Waals surface area contributed by atoms with E-state index in [4.69, 9.17) is 5.73 Å². The number of anilines is 2. The molecule has 0 fully saturated rings. The topological polar surface area (TPSA) is 98.7 Å². The first-order chi connectivity index (χ1) is 11.0. The number of nitrogens with zero attached hydrogens (tertiary/aromatic N) is 4. The molecule has 0 atom stereocenters. The summed E-state index contributed by atoms with van der Waals surface area (Å²) in [4.78, 5) is 21.3. The maximum Gasteiger partial charge on any atom is 0.339 e. The van der Waals surface area contributed by atoms with Crippen molar-refractivity contribution in [2.24, 2.45) is 5.73 Å². The zero-order valence-electron chi connectivity index (χ0n) is 13.0. The molecule has 0 aliphatic heterocycles. The zero-order chi connectivity index (χ0) is 16.6. The van der Waals surface area contributed by atoms with E-state index in [1.165, 1.54) is 16.0 Å². The van der Waals surface area contributed by atoms with Gasteiger partial charge in [-0.25, -0.2) is 14.8 Å². The van der Waals surface area contributed by atoms with Crippen LogP contribution in [0.1, 0.15) is 16.3 Å². The molecule has 0 unspecified atom stereocenters. The molecule has 3 aromatic heterocycles. The summed E-state index contributed by atoms with van der Waals surface area (Å²) in [5.74, 6) is 0.731. The van der Waals surface area contributed by atoms with E-state index in [9.17, 15) is 4.79 Å². The van der Waals surface area contributed by atoms with E-state index < -0.39 is 6.03 Å². The molecule has 0 saturated heterocycles. The number of nitrogens with one attached hydrogen (secondary N) is 1. The highest BCUT2D eigenvalue weighted by Crippen LogP contribution is 2.34. The summed E-state index contributed by atoms with van der Waals surface area (Å²) in [6.07, 6.45) is 1.72. The Hall–Kier alpha value is -2.74. The number of nitrogens with two attached hydrogens (primary N) is 1. The molecule has 3 N–H and O–H groups in total. The second-order valence-electron chi connectivity index (χ2n) is 5.06. The molecule has 3 aromatic rings. The molecular formula is C15H16N6OS. The van der Waals surface area contributed by atoms with E-state index >= 15 is 0 Å². The quantitative estimate of drug-likeness (QED) is 0.770. The number of hydrogen-bond acceptors (Lipinski definition) is 6. The Bertz CT molecular complexity index is 868. The van der Waals surface area contributed by atoms with Gasteiger partial charge in [0.15, 0.2) is 5.13 Å². The lowest BCUT2D eigenvalue weighted by Gasteiger charge is -2.01. The number of rotatable bonds is 3. The van der Waals surface area contributed by atoms with Crippen LogP contribution in [0.2, 0.25) is 0 Å². The molecule has 0 aliphatic rings. The lowest BCUT2D eigenvalue weighted by molar-refractivity contribution is 0.247. The number of hydrogen-bond donors (Lipinski definition) is 2. The van der Waals surface area contributed by atoms with Crippen molar-refractivity contribution in [3.63, 3.8) is 0 Å². The number of thiazole rings is 1. The first-order valence-electron chi connectivity index (χ1n) is 6.99. The number of aromatic nitrogens is 4. The maximum absolute atomic E-state index is 11.4. The molecular weight excluding hydrogens is 312 g/mol. The van der Waals surface area contributed by atoms with Crippen molar-refractivity contribution in [2.45, 2.75) is 20.8 Å². The highest BCUT2D eigenvalue weighted by Gasteiger charge is 2.20. The predicted octanol–water partition coefficient (Wildman–Crippen LogP) is 3.00. The average molecular weight is 328 g/mol. The van der Waals surface area contributed by atoms with Crippen LogP contribution in [0, 0.1) is 20.8 Å². The van der Waals surface area contributed by atoms with Crippen LogP contribution in [0.4, 0.5) is 15.7 Å². The smallest absolute Gasteiger partial charge is 0.339 e. The first kappa shape index (κ1) is 15.2. The van der Waals surface area contributed by atoms with Gasteiger partial charge in [-0.15, -0.1) is 11.3 Å². The van der Waals surface area contributed by atoms with Gasteiger partial charge in [-0.1, -0.05) is 6.07 Å². The Labute approximate surface area is 137 Å². The van der Waals surface area contributed by atoms with Crippen molar-refractivity contribution in [3.05, 3.63) is 40.7 Å². The van der Waals surface area contributed by atoms with E-state index in [2.05, 4.69) is 20.4 Å². The SMILES string of the molecule is Cc1nn(C(N)=O)c(C)c1-c1nc(Nc2ccccn2)sc1C. The van der Waals surface area contributed by atoms with Crippen LogP contribution in [0.3, 0.4) is 0 Å². The molecule has 118 valence electrons. The Morgan fingerprint density at radius 2 is 2.09 bits per heavy atom. The number of aryl methyl sites for hydroxylation is 2. The van der Waals surface area contributed by atoms with Gasteiger partial charge < -0.3 is 11.1 Å². The Balaban J connectivity index is 2.00. The van der Waals surface area contributed by atoms with Gasteiger partial charge >= 0.3 is 6.03 Å². The van der Waals surface area contributed by atoms with Crippen molar-refractivity contribution < 1.29 is 4.79 Å². The Kier molecular flexibility index (Phi) is 3.83. The molecule has 1 amide bonds. The van der Waals surface area contributed by atoms with E-state index in [1.807, 2.05) is 39.0 Å². The van der Waals surface area contributed by atoms with Crippen LogP contribution < -0.4 is 11.1 Å². The lowest BCUT2D eigenvalue weighted by atomic mass is 10.1. The molecule has 3 heterocycles. The fraction of sp³-hybridized carbons (Fsp3) is 0.200. The number of carbonyl (C=O) groups is 1. The van der Waals surface area contributed by atoms with E-state index in [-0.39, 0.29) is 0 Å². The van der Waals surface area contributed by atoms with Gasteiger partial charge in [-0.05, 0) is 32.9 Å². The average Bonchev–Trinajstić information content (AvgIpc) is 3.00. The monoisotopic (exact) mass is 328 g/mol. The summed E-state index contributed by atoms with van der Waals surface area (Å²) in [7, 11) is 0. The minimum Gasteiger partial charge on any atom is -0.350 e. The number of amides is 1. The summed E-state index contributed by atoms with van der Waals surface area (Å²) in [6.45, 7) is 5.63. The van der Waals surface area contributed by atoms with Crippen LogP contribution in [-0.2, 0) is 0 Å². The molecule has 8 heteroatoms. The fourth-order valence-electron chi connectivity index (χ4n) is 2.43. The van der Waals surface area contributed by atoms with E-state index in [1.54, 1.807) is 6.20 Å². The molecule has 0 radical (unpaired) electrons. The lowest BCUT2D eigenvalue weighted by Crippen LogP contribution is -2.22. The van der Waals surface area contributed by atoms with Crippen LogP contribution in [0.15, 0.2) is 24.4 Å². The van der Waals surface area contributed by atoms with Gasteiger partial charge in [0.2, 0.25) is 0 Å². The second kappa shape index (κ2) is 5.81. The third-order valence-corrected chi connectivity index (χ3v) is 4.32. The van der Waals surface area contributed by atoms with Crippen molar-refractivity contribution in [2.75, 3.05) is 5.32 Å². The summed E-state index contributed by atoms with van der Waals surface area (Å²) in [5.41, 5.74) is 8.39. The second-order valence-corrected chi connectivity index (χ2v) is 6.26. The number of carbonyl (C=O) groups excluding carboxylic acids is 1. The normalized spacial score (nSPS) is 10.7. The molecule has 0 spiro atoms. The van der Waals surface area contributed by atoms with Crippen molar-refractivity contribution >= 4 is 28.3 Å². The highest BCUT2D eigenvalue weighted by molar-refractivity contribution is 7.16. The van der Waals surface area contributed by atoms with Crippen molar-refractivity contribution in [3.8, 4) is 11.3 Å². The molecule has 0 saturated carbocycles. The zero-order valence-corrected chi connectivity index (χ0v) is 13.8. The minimum atomic E-state index is -0.600. The molecule has 23 heavy (non-hydrogen) atoms. The summed E-state index contributed by atoms with van der Waals surface area (Å²) in [5, 5.41) is 8.11. The third-order valence-electron chi connectivity index (χ3n) is 3.43. The summed E-state index contributed by atoms with van der Waals surface area (Å²) in [6, 6.07) is 5.03. The van der Waals surface area contributed by atoms with Crippen molar-refractivity contribution in [1.82, 2.24) is 19.7 Å². The molecule has 0 aromatic carbocycles. The maximum atomic E-state index is 11.4. The van der Waals surface area contributed by atoms with Crippen LogP contribution in [-0.4, -0.2) is 25.8 Å². The van der Waals surface area contributed by atoms with E-state index in [0.717, 1.165) is 32.8 Å². The van der Waals surface area contributed by atoms with Crippen LogP contribution in [0.5, 0.6) is 0 Å². The van der Waals surface area contributed by atoms with Crippen molar-refractivity contribution in [1.29, 1.82) is 0 Å². The minimum absolute atomic E-state index is 0.600. The van der Waals surface area contributed by atoms with Gasteiger partial charge in [0, 0.05) is 16.6 Å². The van der Waals surface area contributed by atoms with Gasteiger partial charge in [-0.2, -0.15) is 9.78 Å². The molecule has 0 aliphatic carbocycles. The standard InChI is InChI=1S/C15H16N6OS/c1-8-12(9(2)21(20-8)14(16)22)13-10(3)23-15(19-13)18-11-6-4-5-7-17-11/h4-7H,1-3H3,(H2,16,22)(H,17,18,19). The molecule has 7 nitrogen and oxygen atoms in total. The highest BCUT2D eigenvalue weighted by atomic mass is 32.1. The Morgan fingerprint density at radius 1 is 1.30 bits per heavy atom. The van der Waals surface area contributed by atoms with Gasteiger partial charge in [0.1, 0.15) is 5.82 Å². The van der Waals surface area contributed by atoms with Crippen LogP contribution >= 0.6 is 11.3 Å². The van der Waals surface area contributed by atoms with Gasteiger partial charge in [0.25, 0.3) is 0 Å². The number of pyridine rings is 1. The summed E-state index contributed by atoms with van der Waals surface area (Å²) >= 11 is 1.52. The third kappa shape index (κ3) is 2.80. The largest absolute Gasteiger partial charge is 0.350 e. The number of primary amides is 1. The fourth-order valence-corrected chi connectivity index (χ4v) is 3.26. The van der Waals surface area contributed by atoms with Crippen LogP contribution in [0.25, 0.3) is 11.3 Å².